The fraction of sp³-hybridized carbons (Fsp3) is 0.684. The number of benzene rings is 1. The number of piperidine rings is 1. The van der Waals surface area contributed by atoms with Crippen molar-refractivity contribution in [2.24, 2.45) is 5.92 Å². The first-order valence-corrected chi connectivity index (χ1v) is 9.72. The minimum absolute atomic E-state index is 0.229. The first-order valence-electron chi connectivity index (χ1n) is 8.93. The average Bonchev–Trinajstić information content (AvgIpc) is 2.50. The van der Waals surface area contributed by atoms with Gasteiger partial charge in [0.05, 0.1) is 16.2 Å². The Kier molecular flexibility index (Phi) is 5.85. The Balaban J connectivity index is 1.42. The quantitative estimate of drug-likeness (QED) is 0.769. The molecular formula is C19H28BrNO3. The first kappa shape index (κ1) is 18.2. The van der Waals surface area contributed by atoms with Crippen LogP contribution < -0.4 is 10.1 Å². The van der Waals surface area contributed by atoms with E-state index in [2.05, 4.69) is 21.2 Å². The van der Waals surface area contributed by atoms with Crippen molar-refractivity contribution in [3.8, 4) is 5.75 Å². The maximum atomic E-state index is 10.1. The Morgan fingerprint density at radius 2 is 1.92 bits per heavy atom. The van der Waals surface area contributed by atoms with Crippen LogP contribution in [0.2, 0.25) is 0 Å². The lowest BCUT2D eigenvalue weighted by atomic mass is 9.91. The van der Waals surface area contributed by atoms with E-state index in [4.69, 9.17) is 9.47 Å². The van der Waals surface area contributed by atoms with Gasteiger partial charge >= 0.3 is 0 Å². The van der Waals surface area contributed by atoms with Crippen LogP contribution in [0.4, 0.5) is 0 Å². The molecule has 1 saturated carbocycles. The summed E-state index contributed by atoms with van der Waals surface area (Å²) in [5.41, 5.74) is 0.0315. The molecule has 0 amide bonds. The highest BCUT2D eigenvalue weighted by Crippen LogP contribution is 2.35. The van der Waals surface area contributed by atoms with Gasteiger partial charge in [-0.15, -0.1) is 0 Å². The van der Waals surface area contributed by atoms with Crippen molar-refractivity contribution in [3.63, 3.8) is 0 Å². The Bertz CT molecular complexity index is 546. The third kappa shape index (κ3) is 4.72. The molecule has 0 unspecified atom stereocenters. The topological polar surface area (TPSA) is 50.7 Å². The van der Waals surface area contributed by atoms with E-state index in [1.54, 1.807) is 13.8 Å². The van der Waals surface area contributed by atoms with Gasteiger partial charge in [-0.05, 0) is 79.3 Å². The zero-order valence-electron chi connectivity index (χ0n) is 14.6. The van der Waals surface area contributed by atoms with Crippen molar-refractivity contribution in [1.29, 1.82) is 0 Å². The smallest absolute Gasteiger partial charge is 0.133 e. The zero-order chi connectivity index (χ0) is 17.2. The lowest BCUT2D eigenvalue weighted by Gasteiger charge is -2.36. The Morgan fingerprint density at radius 1 is 1.21 bits per heavy atom. The summed E-state index contributed by atoms with van der Waals surface area (Å²) in [4.78, 5) is 0. The maximum Gasteiger partial charge on any atom is 0.133 e. The molecule has 24 heavy (non-hydrogen) atoms. The highest BCUT2D eigenvalue weighted by molar-refractivity contribution is 9.10. The van der Waals surface area contributed by atoms with Gasteiger partial charge in [-0.3, -0.25) is 0 Å². The number of rotatable bonds is 6. The number of aliphatic hydroxyl groups is 1. The van der Waals surface area contributed by atoms with Gasteiger partial charge in [0.25, 0.3) is 0 Å². The predicted molar refractivity (Wildman–Crippen MR) is 98.4 cm³/mol. The molecule has 0 spiro atoms. The van der Waals surface area contributed by atoms with Crippen molar-refractivity contribution in [1.82, 2.24) is 5.32 Å². The Morgan fingerprint density at radius 3 is 2.54 bits per heavy atom. The summed E-state index contributed by atoms with van der Waals surface area (Å²) in [6.45, 7) is 6.71. The van der Waals surface area contributed by atoms with Gasteiger partial charge in [0.2, 0.25) is 0 Å². The lowest BCUT2D eigenvalue weighted by Crippen LogP contribution is -2.41. The van der Waals surface area contributed by atoms with Gasteiger partial charge in [0.15, 0.2) is 0 Å². The van der Waals surface area contributed by atoms with Gasteiger partial charge in [0.1, 0.15) is 11.9 Å². The third-order valence-electron chi connectivity index (χ3n) is 5.01. The molecule has 2 fully saturated rings. The van der Waals surface area contributed by atoms with Gasteiger partial charge in [-0.2, -0.15) is 0 Å². The molecule has 1 aliphatic carbocycles. The Hall–Kier alpha value is -0.620. The maximum absolute atomic E-state index is 10.1. The summed E-state index contributed by atoms with van der Waals surface area (Å²) < 4.78 is 13.0. The van der Waals surface area contributed by atoms with Crippen LogP contribution in [-0.4, -0.2) is 37.0 Å². The minimum Gasteiger partial charge on any atom is -0.489 e. The number of nitrogens with one attached hydrogen (secondary N) is 1. The summed E-state index contributed by atoms with van der Waals surface area (Å²) in [6.07, 6.45) is 4.96. The molecule has 0 radical (unpaired) electrons. The molecule has 1 aromatic carbocycles. The van der Waals surface area contributed by atoms with Crippen molar-refractivity contribution in [2.75, 3.05) is 19.7 Å². The van der Waals surface area contributed by atoms with Crippen LogP contribution in [0.3, 0.4) is 0 Å². The number of ether oxygens (including phenoxy) is 2. The van der Waals surface area contributed by atoms with Crippen molar-refractivity contribution < 1.29 is 14.6 Å². The highest BCUT2D eigenvalue weighted by atomic mass is 79.9. The largest absolute Gasteiger partial charge is 0.489 e. The monoisotopic (exact) mass is 397 g/mol. The molecule has 1 aliphatic heterocycles. The van der Waals surface area contributed by atoms with Crippen LogP contribution in [0.25, 0.3) is 0 Å². The van der Waals surface area contributed by atoms with Crippen LogP contribution in [-0.2, 0) is 10.3 Å². The highest BCUT2D eigenvalue weighted by Gasteiger charge is 2.33. The molecule has 5 heteroatoms. The van der Waals surface area contributed by atoms with Crippen LogP contribution in [0.1, 0.15) is 45.1 Å². The van der Waals surface area contributed by atoms with Crippen molar-refractivity contribution >= 4 is 15.9 Å². The molecule has 134 valence electrons. The van der Waals surface area contributed by atoms with Gasteiger partial charge in [-0.25, -0.2) is 0 Å². The standard InChI is InChI=1S/C19H28BrNO3/c1-19(2,22)14-3-4-18(17(20)9-14)24-16-10-15(11-16)23-12-13-5-7-21-8-6-13/h3-4,9,13,15-16,21-22H,5-8,10-12H2,1-2H3/t15-,16-. The lowest BCUT2D eigenvalue weighted by molar-refractivity contribution is -0.0735. The first-order chi connectivity index (χ1) is 11.4. The van der Waals surface area contributed by atoms with E-state index in [1.807, 2.05) is 18.2 Å². The number of hydrogen-bond acceptors (Lipinski definition) is 4. The summed E-state index contributed by atoms with van der Waals surface area (Å²) in [5, 5.41) is 13.5. The summed E-state index contributed by atoms with van der Waals surface area (Å²) >= 11 is 3.55. The number of halogens is 1. The van der Waals surface area contributed by atoms with Crippen LogP contribution >= 0.6 is 15.9 Å². The van der Waals surface area contributed by atoms with Crippen LogP contribution in [0, 0.1) is 5.92 Å². The fourth-order valence-electron chi connectivity index (χ4n) is 3.23. The van der Waals surface area contributed by atoms with E-state index in [0.717, 1.165) is 54.2 Å². The molecule has 3 rings (SSSR count). The fourth-order valence-corrected chi connectivity index (χ4v) is 3.70. The van der Waals surface area contributed by atoms with Gasteiger partial charge in [-0.1, -0.05) is 6.07 Å². The molecule has 1 heterocycles. The molecule has 2 N–H and O–H groups in total. The SMILES string of the molecule is CC(C)(O)c1ccc(O[C@H]2C[C@H](OCC3CCNCC3)C2)c(Br)c1. The molecule has 4 nitrogen and oxygen atoms in total. The third-order valence-corrected chi connectivity index (χ3v) is 5.63. The van der Waals surface area contributed by atoms with E-state index in [-0.39, 0.29) is 6.10 Å². The van der Waals surface area contributed by atoms with E-state index < -0.39 is 5.60 Å². The molecular weight excluding hydrogens is 370 g/mol. The second-order valence-corrected chi connectivity index (χ2v) is 8.42. The van der Waals surface area contributed by atoms with E-state index in [0.29, 0.717) is 6.10 Å². The van der Waals surface area contributed by atoms with Crippen molar-refractivity contribution in [3.05, 3.63) is 28.2 Å². The molecule has 1 saturated heterocycles. The van der Waals surface area contributed by atoms with E-state index >= 15 is 0 Å². The number of hydrogen-bond donors (Lipinski definition) is 2. The molecule has 2 aliphatic rings. The van der Waals surface area contributed by atoms with Crippen LogP contribution in [0.15, 0.2) is 22.7 Å². The van der Waals surface area contributed by atoms with Crippen molar-refractivity contribution in [2.45, 2.75) is 57.3 Å². The molecule has 1 aromatic rings. The minimum atomic E-state index is -0.842. The molecule has 0 atom stereocenters. The average molecular weight is 398 g/mol. The second-order valence-electron chi connectivity index (χ2n) is 7.56. The zero-order valence-corrected chi connectivity index (χ0v) is 16.1. The van der Waals surface area contributed by atoms with Gasteiger partial charge in [0, 0.05) is 19.4 Å². The Labute approximate surface area is 153 Å². The van der Waals surface area contributed by atoms with E-state index in [9.17, 15) is 5.11 Å². The summed E-state index contributed by atoms with van der Waals surface area (Å²) in [6, 6.07) is 5.78. The normalized spacial score (nSPS) is 25.3. The van der Waals surface area contributed by atoms with E-state index in [1.165, 1.54) is 12.8 Å². The molecule has 0 aromatic heterocycles. The second kappa shape index (κ2) is 7.73. The summed E-state index contributed by atoms with van der Waals surface area (Å²) in [5.74, 6) is 1.56. The molecule has 0 bridgehead atoms. The van der Waals surface area contributed by atoms with Gasteiger partial charge < -0.3 is 19.9 Å². The summed E-state index contributed by atoms with van der Waals surface area (Å²) in [7, 11) is 0. The van der Waals surface area contributed by atoms with Crippen LogP contribution in [0.5, 0.6) is 5.75 Å². The predicted octanol–water partition coefficient (Wildman–Crippen LogP) is 3.60.